The number of imide groups is 1. The summed E-state index contributed by atoms with van der Waals surface area (Å²) in [5.74, 6) is -0.144. The molecule has 0 aliphatic carbocycles. The second-order valence-electron chi connectivity index (χ2n) is 5.72. The molecule has 0 N–H and O–H groups in total. The summed E-state index contributed by atoms with van der Waals surface area (Å²) in [6.07, 6.45) is 0.310. The predicted octanol–water partition coefficient (Wildman–Crippen LogP) is 3.77. The van der Waals surface area contributed by atoms with E-state index in [2.05, 4.69) is 0 Å². The first kappa shape index (κ1) is 15.3. The predicted molar refractivity (Wildman–Crippen MR) is 88.7 cm³/mol. The minimum atomic E-state index is -0.302. The Morgan fingerprint density at radius 2 is 1.39 bits per heavy atom. The standard InChI is InChI=1S/C19H20N2O2/c1-3-16(22)21-18(15-12-8-5-9-13-15)17(20(2)19(21)23)14-10-6-4-7-11-14/h4-13,17-18H,3H2,1-2H3. The second-order valence-corrected chi connectivity index (χ2v) is 5.72. The molecule has 0 aromatic heterocycles. The van der Waals surface area contributed by atoms with Crippen LogP contribution in [0.3, 0.4) is 0 Å². The van der Waals surface area contributed by atoms with Crippen LogP contribution in [0.25, 0.3) is 0 Å². The van der Waals surface area contributed by atoms with Crippen LogP contribution in [0.1, 0.15) is 36.6 Å². The Bertz CT molecular complexity index is 700. The fourth-order valence-corrected chi connectivity index (χ4v) is 3.23. The largest absolute Gasteiger partial charge is 0.327 e. The molecule has 3 rings (SSSR count). The van der Waals surface area contributed by atoms with Crippen molar-refractivity contribution in [1.29, 1.82) is 0 Å². The van der Waals surface area contributed by atoms with Crippen molar-refractivity contribution < 1.29 is 9.59 Å². The minimum Gasteiger partial charge on any atom is -0.318 e. The van der Waals surface area contributed by atoms with Crippen molar-refractivity contribution in [2.75, 3.05) is 7.05 Å². The Hall–Kier alpha value is -2.62. The van der Waals surface area contributed by atoms with Gasteiger partial charge in [0.15, 0.2) is 0 Å². The fraction of sp³-hybridized carbons (Fsp3) is 0.263. The van der Waals surface area contributed by atoms with Gasteiger partial charge < -0.3 is 4.90 Å². The molecular formula is C19H20N2O2. The zero-order valence-corrected chi connectivity index (χ0v) is 13.3. The molecule has 1 aliphatic rings. The van der Waals surface area contributed by atoms with Gasteiger partial charge in [-0.3, -0.25) is 9.69 Å². The van der Waals surface area contributed by atoms with E-state index in [4.69, 9.17) is 0 Å². The average Bonchev–Trinajstić information content (AvgIpc) is 2.87. The summed E-state index contributed by atoms with van der Waals surface area (Å²) in [5, 5.41) is 0. The van der Waals surface area contributed by atoms with Crippen molar-refractivity contribution in [2.24, 2.45) is 0 Å². The Kier molecular flexibility index (Phi) is 4.15. The highest BCUT2D eigenvalue weighted by Gasteiger charge is 2.47. The van der Waals surface area contributed by atoms with Crippen LogP contribution >= 0.6 is 0 Å². The lowest BCUT2D eigenvalue weighted by Crippen LogP contribution is -2.35. The molecule has 4 nitrogen and oxygen atoms in total. The summed E-state index contributed by atoms with van der Waals surface area (Å²) < 4.78 is 0. The third-order valence-corrected chi connectivity index (χ3v) is 4.36. The molecular weight excluding hydrogens is 288 g/mol. The van der Waals surface area contributed by atoms with E-state index in [0.29, 0.717) is 6.42 Å². The van der Waals surface area contributed by atoms with Crippen molar-refractivity contribution in [3.05, 3.63) is 71.8 Å². The van der Waals surface area contributed by atoms with Crippen molar-refractivity contribution in [3.63, 3.8) is 0 Å². The van der Waals surface area contributed by atoms with E-state index < -0.39 is 0 Å². The van der Waals surface area contributed by atoms with Gasteiger partial charge in [0.2, 0.25) is 5.91 Å². The minimum absolute atomic E-state index is 0.144. The van der Waals surface area contributed by atoms with Crippen LogP contribution in [-0.4, -0.2) is 28.8 Å². The monoisotopic (exact) mass is 308 g/mol. The van der Waals surface area contributed by atoms with Crippen LogP contribution in [0.5, 0.6) is 0 Å². The zero-order chi connectivity index (χ0) is 16.4. The molecule has 118 valence electrons. The van der Waals surface area contributed by atoms with E-state index in [0.717, 1.165) is 11.1 Å². The maximum Gasteiger partial charge on any atom is 0.327 e. The lowest BCUT2D eigenvalue weighted by molar-refractivity contribution is -0.129. The van der Waals surface area contributed by atoms with E-state index in [1.54, 1.807) is 18.9 Å². The molecule has 1 saturated heterocycles. The number of amides is 3. The van der Waals surface area contributed by atoms with Crippen LogP contribution < -0.4 is 0 Å². The molecule has 1 heterocycles. The summed E-state index contributed by atoms with van der Waals surface area (Å²) in [4.78, 5) is 28.2. The molecule has 3 amide bonds. The maximum atomic E-state index is 12.7. The highest BCUT2D eigenvalue weighted by Crippen LogP contribution is 2.44. The number of carbonyl (C=O) groups excluding carboxylic acids is 2. The number of benzene rings is 2. The number of hydrogen-bond donors (Lipinski definition) is 0. The van der Waals surface area contributed by atoms with Gasteiger partial charge in [-0.2, -0.15) is 0 Å². The van der Waals surface area contributed by atoms with Crippen LogP contribution in [0.2, 0.25) is 0 Å². The first-order valence-corrected chi connectivity index (χ1v) is 7.84. The van der Waals surface area contributed by atoms with Crippen molar-refractivity contribution in [2.45, 2.75) is 25.4 Å². The van der Waals surface area contributed by atoms with Gasteiger partial charge in [-0.25, -0.2) is 4.79 Å². The number of urea groups is 1. The third-order valence-electron chi connectivity index (χ3n) is 4.36. The molecule has 2 atom stereocenters. The highest BCUT2D eigenvalue weighted by atomic mass is 16.2. The van der Waals surface area contributed by atoms with E-state index >= 15 is 0 Å². The molecule has 0 spiro atoms. The van der Waals surface area contributed by atoms with Crippen LogP contribution in [0, 0.1) is 0 Å². The number of carbonyl (C=O) groups is 2. The molecule has 1 fully saturated rings. The van der Waals surface area contributed by atoms with Gasteiger partial charge in [0.25, 0.3) is 0 Å². The normalized spacial score (nSPS) is 20.9. The molecule has 2 unspecified atom stereocenters. The van der Waals surface area contributed by atoms with E-state index in [1.807, 2.05) is 60.7 Å². The number of nitrogens with zero attached hydrogens (tertiary/aromatic N) is 2. The molecule has 1 aliphatic heterocycles. The highest BCUT2D eigenvalue weighted by molar-refractivity contribution is 5.96. The summed E-state index contributed by atoms with van der Waals surface area (Å²) >= 11 is 0. The average molecular weight is 308 g/mol. The molecule has 4 heteroatoms. The van der Waals surface area contributed by atoms with Gasteiger partial charge in [0.05, 0.1) is 12.1 Å². The summed E-state index contributed by atoms with van der Waals surface area (Å²) in [6.45, 7) is 1.79. The topological polar surface area (TPSA) is 40.6 Å². The second kappa shape index (κ2) is 6.24. The molecule has 2 aromatic carbocycles. The summed E-state index contributed by atoms with van der Waals surface area (Å²) in [6, 6.07) is 18.9. The lowest BCUT2D eigenvalue weighted by atomic mass is 9.93. The van der Waals surface area contributed by atoms with Gasteiger partial charge in [0, 0.05) is 13.5 Å². The molecule has 0 bridgehead atoms. The Labute approximate surface area is 136 Å². The summed E-state index contributed by atoms with van der Waals surface area (Å²) in [5.41, 5.74) is 2.00. The van der Waals surface area contributed by atoms with Crippen molar-refractivity contribution >= 4 is 11.9 Å². The van der Waals surface area contributed by atoms with Gasteiger partial charge in [0.1, 0.15) is 0 Å². The van der Waals surface area contributed by atoms with Gasteiger partial charge in [-0.05, 0) is 11.1 Å². The molecule has 0 radical (unpaired) electrons. The molecule has 0 saturated carbocycles. The Morgan fingerprint density at radius 1 is 0.913 bits per heavy atom. The smallest absolute Gasteiger partial charge is 0.318 e. The van der Waals surface area contributed by atoms with Crippen molar-refractivity contribution in [1.82, 2.24) is 9.80 Å². The Balaban J connectivity index is 2.13. The third kappa shape index (κ3) is 2.61. The van der Waals surface area contributed by atoms with Gasteiger partial charge in [-0.1, -0.05) is 67.6 Å². The summed E-state index contributed by atoms with van der Waals surface area (Å²) in [7, 11) is 1.76. The first-order chi connectivity index (χ1) is 11.1. The molecule has 23 heavy (non-hydrogen) atoms. The Morgan fingerprint density at radius 3 is 1.87 bits per heavy atom. The van der Waals surface area contributed by atoms with Gasteiger partial charge in [-0.15, -0.1) is 0 Å². The van der Waals surface area contributed by atoms with Crippen molar-refractivity contribution in [3.8, 4) is 0 Å². The van der Waals surface area contributed by atoms with E-state index in [9.17, 15) is 9.59 Å². The zero-order valence-electron chi connectivity index (χ0n) is 13.3. The van der Waals surface area contributed by atoms with Crippen LogP contribution in [0.4, 0.5) is 4.79 Å². The SMILES string of the molecule is CCC(=O)N1C(=O)N(C)C(c2ccccc2)C1c1ccccc1. The lowest BCUT2D eigenvalue weighted by Gasteiger charge is -2.26. The van der Waals surface area contributed by atoms with E-state index in [1.165, 1.54) is 4.90 Å². The van der Waals surface area contributed by atoms with Crippen LogP contribution in [-0.2, 0) is 4.79 Å². The fourth-order valence-electron chi connectivity index (χ4n) is 3.23. The number of hydrogen-bond acceptors (Lipinski definition) is 2. The first-order valence-electron chi connectivity index (χ1n) is 7.84. The van der Waals surface area contributed by atoms with Crippen LogP contribution in [0.15, 0.2) is 60.7 Å². The maximum absolute atomic E-state index is 12.7. The molecule has 2 aromatic rings. The number of rotatable bonds is 3. The van der Waals surface area contributed by atoms with Gasteiger partial charge >= 0.3 is 6.03 Å². The van der Waals surface area contributed by atoms with E-state index in [-0.39, 0.29) is 24.0 Å². The number of likely N-dealkylation sites (N-methyl/N-ethyl adjacent to an activating group) is 1. The quantitative estimate of drug-likeness (QED) is 0.866.